The highest BCUT2D eigenvalue weighted by atomic mass is 35.5. The summed E-state index contributed by atoms with van der Waals surface area (Å²) in [6.45, 7) is 0.480. The normalized spacial score (nSPS) is 17.5. The van der Waals surface area contributed by atoms with Crippen LogP contribution in [-0.2, 0) is 13.0 Å². The van der Waals surface area contributed by atoms with Crippen molar-refractivity contribution in [3.63, 3.8) is 0 Å². The molecule has 110 valence electrons. The Hall–Kier alpha value is -2.08. The van der Waals surface area contributed by atoms with Gasteiger partial charge in [0.15, 0.2) is 11.5 Å². The minimum Gasteiger partial charge on any atom is -0.476 e. The Morgan fingerprint density at radius 2 is 2.29 bits per heavy atom. The molecule has 0 aliphatic carbocycles. The molecule has 1 aromatic heterocycles. The van der Waals surface area contributed by atoms with Crippen molar-refractivity contribution in [2.45, 2.75) is 25.3 Å². The predicted molar refractivity (Wildman–Crippen MR) is 76.1 cm³/mol. The average Bonchev–Trinajstić information content (AvgIpc) is 2.88. The van der Waals surface area contributed by atoms with Gasteiger partial charge in [-0.05, 0) is 24.5 Å². The van der Waals surface area contributed by atoms with Gasteiger partial charge in [-0.1, -0.05) is 17.7 Å². The van der Waals surface area contributed by atoms with Crippen molar-refractivity contribution in [1.82, 2.24) is 9.55 Å². The number of halogens is 2. The molecule has 0 saturated heterocycles. The number of aromatic carboxylic acids is 1. The van der Waals surface area contributed by atoms with Crippen molar-refractivity contribution in [2.24, 2.45) is 0 Å². The van der Waals surface area contributed by atoms with Crippen LogP contribution in [0.2, 0.25) is 5.02 Å². The number of rotatable bonds is 2. The van der Waals surface area contributed by atoms with Crippen LogP contribution in [-0.4, -0.2) is 20.6 Å². The van der Waals surface area contributed by atoms with E-state index in [9.17, 15) is 9.18 Å². The zero-order chi connectivity index (χ0) is 15.1. The Morgan fingerprint density at radius 1 is 1.52 bits per heavy atom. The summed E-state index contributed by atoms with van der Waals surface area (Å²) in [5.74, 6) is -1.61. The van der Waals surface area contributed by atoms with Crippen LogP contribution in [0.5, 0.6) is 0 Å². The van der Waals surface area contributed by atoms with E-state index in [0.29, 0.717) is 30.6 Å². The van der Waals surface area contributed by atoms with Crippen LogP contribution >= 0.6 is 11.6 Å². The Bertz CT molecular complexity index is 729. The van der Waals surface area contributed by atoms with Gasteiger partial charge in [-0.25, -0.2) is 14.2 Å². The van der Waals surface area contributed by atoms with Gasteiger partial charge >= 0.3 is 5.97 Å². The molecule has 1 unspecified atom stereocenters. The van der Waals surface area contributed by atoms with E-state index < -0.39 is 11.8 Å². The van der Waals surface area contributed by atoms with Gasteiger partial charge in [0, 0.05) is 12.5 Å². The minimum absolute atomic E-state index is 0.0446. The minimum atomic E-state index is -1.04. The van der Waals surface area contributed by atoms with Crippen LogP contribution < -0.4 is 5.73 Å². The Labute approximate surface area is 125 Å². The number of aromatic nitrogens is 2. The van der Waals surface area contributed by atoms with Gasteiger partial charge in [-0.2, -0.15) is 0 Å². The van der Waals surface area contributed by atoms with Crippen molar-refractivity contribution in [3.05, 3.63) is 46.3 Å². The first-order chi connectivity index (χ1) is 9.99. The van der Waals surface area contributed by atoms with E-state index in [0.717, 1.165) is 0 Å². The van der Waals surface area contributed by atoms with E-state index in [4.69, 9.17) is 22.4 Å². The SMILES string of the molecule is Nc1c(Cl)ccc(C2CCc3c(C(=O)O)ncn3C2)c1F. The quantitative estimate of drug-likeness (QED) is 0.836. The first-order valence-corrected chi connectivity index (χ1v) is 6.87. The number of nitrogen functional groups attached to an aromatic ring is 1. The number of carbonyl (C=O) groups is 1. The predicted octanol–water partition coefficient (Wildman–Crippen LogP) is 2.69. The second-order valence-corrected chi connectivity index (χ2v) is 5.50. The second-order valence-electron chi connectivity index (χ2n) is 5.10. The fourth-order valence-electron chi connectivity index (χ4n) is 2.80. The van der Waals surface area contributed by atoms with Crippen LogP contribution in [0, 0.1) is 5.82 Å². The third-order valence-electron chi connectivity index (χ3n) is 3.89. The van der Waals surface area contributed by atoms with Crippen molar-refractivity contribution in [1.29, 1.82) is 0 Å². The van der Waals surface area contributed by atoms with E-state index >= 15 is 0 Å². The maximum Gasteiger partial charge on any atom is 0.356 e. The van der Waals surface area contributed by atoms with Gasteiger partial charge in [0.1, 0.15) is 0 Å². The molecule has 2 heterocycles. The van der Waals surface area contributed by atoms with Crippen LogP contribution in [0.3, 0.4) is 0 Å². The highest BCUT2D eigenvalue weighted by molar-refractivity contribution is 6.33. The fourth-order valence-corrected chi connectivity index (χ4v) is 2.95. The lowest BCUT2D eigenvalue weighted by Crippen LogP contribution is -2.20. The molecule has 0 bridgehead atoms. The standard InChI is InChI=1S/C14H13ClFN3O2/c15-9-3-2-8(11(16)12(9)17)7-1-4-10-13(14(20)21)18-6-19(10)5-7/h2-3,6-7H,1,4-5,17H2,(H,20,21). The highest BCUT2D eigenvalue weighted by Crippen LogP contribution is 2.35. The van der Waals surface area contributed by atoms with Crippen LogP contribution in [0.25, 0.3) is 0 Å². The summed E-state index contributed by atoms with van der Waals surface area (Å²) in [7, 11) is 0. The Morgan fingerprint density at radius 3 is 3.00 bits per heavy atom. The molecule has 3 N–H and O–H groups in total. The van der Waals surface area contributed by atoms with Crippen molar-refractivity contribution in [3.8, 4) is 0 Å². The Kier molecular flexibility index (Phi) is 3.33. The van der Waals surface area contributed by atoms with E-state index in [-0.39, 0.29) is 22.3 Å². The number of imidazole rings is 1. The molecule has 2 aromatic rings. The lowest BCUT2D eigenvalue weighted by atomic mass is 9.89. The van der Waals surface area contributed by atoms with Gasteiger partial charge < -0.3 is 15.4 Å². The summed E-state index contributed by atoms with van der Waals surface area (Å²) in [6, 6.07) is 3.22. The first-order valence-electron chi connectivity index (χ1n) is 6.49. The molecule has 1 aliphatic rings. The lowest BCUT2D eigenvalue weighted by Gasteiger charge is -2.25. The van der Waals surface area contributed by atoms with E-state index in [2.05, 4.69) is 4.98 Å². The van der Waals surface area contributed by atoms with Gasteiger partial charge in [0.25, 0.3) is 0 Å². The topological polar surface area (TPSA) is 81.1 Å². The zero-order valence-electron chi connectivity index (χ0n) is 11.0. The van der Waals surface area contributed by atoms with E-state index in [1.807, 2.05) is 0 Å². The largest absolute Gasteiger partial charge is 0.476 e. The number of carboxylic acids is 1. The monoisotopic (exact) mass is 309 g/mol. The summed E-state index contributed by atoms with van der Waals surface area (Å²) in [5, 5.41) is 9.25. The highest BCUT2D eigenvalue weighted by Gasteiger charge is 2.27. The van der Waals surface area contributed by atoms with Crippen LogP contribution in [0.15, 0.2) is 18.5 Å². The molecule has 1 aliphatic heterocycles. The van der Waals surface area contributed by atoms with Crippen LogP contribution in [0.1, 0.15) is 34.1 Å². The molecule has 0 spiro atoms. The smallest absolute Gasteiger partial charge is 0.356 e. The molecular weight excluding hydrogens is 297 g/mol. The fraction of sp³-hybridized carbons (Fsp3) is 0.286. The molecule has 0 saturated carbocycles. The molecule has 3 rings (SSSR count). The number of anilines is 1. The molecule has 1 aromatic carbocycles. The number of benzene rings is 1. The maximum absolute atomic E-state index is 14.2. The van der Waals surface area contributed by atoms with Gasteiger partial charge in [0.05, 0.1) is 22.7 Å². The summed E-state index contributed by atoms with van der Waals surface area (Å²) in [4.78, 5) is 15.0. The average molecular weight is 310 g/mol. The third-order valence-corrected chi connectivity index (χ3v) is 4.22. The summed E-state index contributed by atoms with van der Waals surface area (Å²) >= 11 is 5.80. The summed E-state index contributed by atoms with van der Waals surface area (Å²) < 4.78 is 16.0. The number of nitrogens with zero attached hydrogens (tertiary/aromatic N) is 2. The molecule has 5 nitrogen and oxygen atoms in total. The van der Waals surface area contributed by atoms with Crippen LogP contribution in [0.4, 0.5) is 10.1 Å². The van der Waals surface area contributed by atoms with Gasteiger partial charge in [0.2, 0.25) is 0 Å². The molecule has 7 heteroatoms. The number of nitrogens with two attached hydrogens (primary N) is 1. The third kappa shape index (κ3) is 2.25. The molecule has 21 heavy (non-hydrogen) atoms. The maximum atomic E-state index is 14.2. The zero-order valence-corrected chi connectivity index (χ0v) is 11.8. The summed E-state index contributed by atoms with van der Waals surface area (Å²) in [6.07, 6.45) is 2.67. The lowest BCUT2D eigenvalue weighted by molar-refractivity contribution is 0.0689. The van der Waals surface area contributed by atoms with E-state index in [1.54, 1.807) is 16.7 Å². The number of fused-ring (bicyclic) bond motifs is 1. The summed E-state index contributed by atoms with van der Waals surface area (Å²) in [5.41, 5.74) is 6.84. The van der Waals surface area contributed by atoms with Crippen molar-refractivity contribution < 1.29 is 14.3 Å². The number of carboxylic acid groups (broad SMARTS) is 1. The molecule has 1 atom stereocenters. The van der Waals surface area contributed by atoms with Gasteiger partial charge in [-0.3, -0.25) is 0 Å². The first kappa shape index (κ1) is 13.9. The van der Waals surface area contributed by atoms with Gasteiger partial charge in [-0.15, -0.1) is 0 Å². The van der Waals surface area contributed by atoms with Crippen molar-refractivity contribution in [2.75, 3.05) is 5.73 Å². The second kappa shape index (κ2) is 5.04. The molecule has 0 radical (unpaired) electrons. The number of hydrogen-bond acceptors (Lipinski definition) is 3. The molecule has 0 fully saturated rings. The Balaban J connectivity index is 1.94. The van der Waals surface area contributed by atoms with E-state index in [1.165, 1.54) is 6.33 Å². The number of hydrogen-bond donors (Lipinski definition) is 2. The van der Waals surface area contributed by atoms with Crippen molar-refractivity contribution >= 4 is 23.3 Å². The molecular formula is C14H13ClFN3O2. The molecule has 0 amide bonds.